The van der Waals surface area contributed by atoms with Crippen molar-refractivity contribution in [1.29, 1.82) is 0 Å². The molecule has 1 N–H and O–H groups in total. The summed E-state index contributed by atoms with van der Waals surface area (Å²) in [5.41, 5.74) is 1.57. The molecule has 1 aliphatic rings. The molecule has 3 rings (SSSR count). The monoisotopic (exact) mass is 341 g/mol. The highest BCUT2D eigenvalue weighted by Gasteiger charge is 2.30. The van der Waals surface area contributed by atoms with Crippen LogP contribution in [-0.2, 0) is 10.0 Å². The lowest BCUT2D eigenvalue weighted by atomic mass is 10.2. The van der Waals surface area contributed by atoms with E-state index in [-0.39, 0.29) is 18.4 Å². The summed E-state index contributed by atoms with van der Waals surface area (Å²) < 4.78 is 27.3. The second-order valence-electron chi connectivity index (χ2n) is 5.56. The van der Waals surface area contributed by atoms with Gasteiger partial charge in [-0.3, -0.25) is 4.98 Å². The molecule has 1 saturated heterocycles. The third-order valence-corrected chi connectivity index (χ3v) is 5.66. The minimum absolute atomic E-state index is 0. The highest BCUT2D eigenvalue weighted by molar-refractivity contribution is 7.89. The Bertz CT molecular complexity index is 779. The molecular weight excluding hydrogens is 322 g/mol. The Morgan fingerprint density at radius 3 is 2.86 bits per heavy atom. The third-order valence-electron chi connectivity index (χ3n) is 3.76. The van der Waals surface area contributed by atoms with Crippen LogP contribution < -0.4 is 5.32 Å². The second kappa shape index (κ2) is 6.50. The van der Waals surface area contributed by atoms with Crippen LogP contribution in [0.3, 0.4) is 0 Å². The van der Waals surface area contributed by atoms with Crippen molar-refractivity contribution in [2.45, 2.75) is 24.8 Å². The van der Waals surface area contributed by atoms with E-state index >= 15 is 0 Å². The molecule has 7 heteroatoms. The quantitative estimate of drug-likeness (QED) is 0.907. The average Bonchev–Trinajstić information content (AvgIpc) is 2.46. The van der Waals surface area contributed by atoms with Gasteiger partial charge in [-0.05, 0) is 31.5 Å². The molecule has 0 aliphatic carbocycles. The van der Waals surface area contributed by atoms with Crippen LogP contribution in [-0.4, -0.2) is 43.4 Å². The molecule has 2 heterocycles. The van der Waals surface area contributed by atoms with E-state index in [1.807, 2.05) is 26.0 Å². The summed E-state index contributed by atoms with van der Waals surface area (Å²) in [4.78, 5) is 4.64. The second-order valence-corrected chi connectivity index (χ2v) is 7.47. The SMILES string of the molecule is Cc1cnc2c(S(=O)(=O)N3CCN[C@@H](C)C3)cccc2c1.Cl. The van der Waals surface area contributed by atoms with Crippen LogP contribution in [0.4, 0.5) is 0 Å². The largest absolute Gasteiger partial charge is 0.312 e. The van der Waals surface area contributed by atoms with Gasteiger partial charge in [0.2, 0.25) is 10.0 Å². The van der Waals surface area contributed by atoms with Crippen LogP contribution in [0.25, 0.3) is 10.9 Å². The molecule has 0 unspecified atom stereocenters. The molecular formula is C15H20ClN3O2S. The first-order chi connectivity index (χ1) is 9.98. The van der Waals surface area contributed by atoms with Crippen LogP contribution >= 0.6 is 12.4 Å². The molecule has 1 aromatic heterocycles. The summed E-state index contributed by atoms with van der Waals surface area (Å²) in [5.74, 6) is 0. The fourth-order valence-corrected chi connectivity index (χ4v) is 4.40. The topological polar surface area (TPSA) is 62.3 Å². The van der Waals surface area contributed by atoms with Crippen molar-refractivity contribution < 1.29 is 8.42 Å². The number of halogens is 1. The Morgan fingerprint density at radius 1 is 1.36 bits per heavy atom. The molecule has 1 atom stereocenters. The highest BCUT2D eigenvalue weighted by atomic mass is 35.5. The molecule has 0 bridgehead atoms. The van der Waals surface area contributed by atoms with Gasteiger partial charge in [0.05, 0.1) is 5.52 Å². The van der Waals surface area contributed by atoms with E-state index in [0.717, 1.165) is 10.9 Å². The predicted molar refractivity (Wildman–Crippen MR) is 90.0 cm³/mol. The number of pyridine rings is 1. The average molecular weight is 342 g/mol. The molecule has 0 saturated carbocycles. The number of para-hydroxylation sites is 1. The molecule has 5 nitrogen and oxygen atoms in total. The maximum atomic E-state index is 12.9. The maximum Gasteiger partial charge on any atom is 0.245 e. The van der Waals surface area contributed by atoms with E-state index < -0.39 is 10.0 Å². The lowest BCUT2D eigenvalue weighted by Gasteiger charge is -2.31. The van der Waals surface area contributed by atoms with Crippen molar-refractivity contribution >= 4 is 33.3 Å². The van der Waals surface area contributed by atoms with Crippen molar-refractivity contribution in [1.82, 2.24) is 14.6 Å². The van der Waals surface area contributed by atoms with Crippen LogP contribution in [0.15, 0.2) is 35.4 Å². The fourth-order valence-electron chi connectivity index (χ4n) is 2.71. The number of nitrogens with zero attached hydrogens (tertiary/aromatic N) is 2. The first-order valence-corrected chi connectivity index (χ1v) is 8.51. The van der Waals surface area contributed by atoms with Crippen molar-refractivity contribution in [3.05, 3.63) is 36.0 Å². The number of sulfonamides is 1. The molecule has 1 aromatic carbocycles. The Morgan fingerprint density at radius 2 is 2.14 bits per heavy atom. The van der Waals surface area contributed by atoms with Crippen molar-refractivity contribution in [2.24, 2.45) is 0 Å². The van der Waals surface area contributed by atoms with E-state index in [1.165, 1.54) is 0 Å². The van der Waals surface area contributed by atoms with E-state index in [9.17, 15) is 8.42 Å². The summed E-state index contributed by atoms with van der Waals surface area (Å²) in [5, 5.41) is 4.12. The van der Waals surface area contributed by atoms with E-state index in [0.29, 0.717) is 30.0 Å². The Balaban J connectivity index is 0.00000176. The van der Waals surface area contributed by atoms with Gasteiger partial charge in [0.25, 0.3) is 0 Å². The summed E-state index contributed by atoms with van der Waals surface area (Å²) in [7, 11) is -3.50. The van der Waals surface area contributed by atoms with Crippen molar-refractivity contribution in [3.8, 4) is 0 Å². The van der Waals surface area contributed by atoms with Crippen molar-refractivity contribution in [3.63, 3.8) is 0 Å². The fraction of sp³-hybridized carbons (Fsp3) is 0.400. The van der Waals surface area contributed by atoms with Gasteiger partial charge in [-0.15, -0.1) is 12.4 Å². The number of piperazine rings is 1. The summed E-state index contributed by atoms with van der Waals surface area (Å²) in [6, 6.07) is 7.45. The zero-order valence-electron chi connectivity index (χ0n) is 12.6. The van der Waals surface area contributed by atoms with Gasteiger partial charge in [-0.2, -0.15) is 4.31 Å². The lowest BCUT2D eigenvalue weighted by Crippen LogP contribution is -2.51. The third kappa shape index (κ3) is 3.10. The van der Waals surface area contributed by atoms with E-state index in [2.05, 4.69) is 10.3 Å². The first kappa shape index (κ1) is 17.1. The van der Waals surface area contributed by atoms with Crippen LogP contribution in [0, 0.1) is 6.92 Å². The molecule has 22 heavy (non-hydrogen) atoms. The van der Waals surface area contributed by atoms with Gasteiger partial charge in [-0.25, -0.2) is 8.42 Å². The van der Waals surface area contributed by atoms with Gasteiger partial charge in [-0.1, -0.05) is 12.1 Å². The van der Waals surface area contributed by atoms with Gasteiger partial charge in [0.1, 0.15) is 4.90 Å². The number of aromatic nitrogens is 1. The Labute approximate surface area is 137 Å². The van der Waals surface area contributed by atoms with Gasteiger partial charge >= 0.3 is 0 Å². The van der Waals surface area contributed by atoms with Crippen LogP contribution in [0.1, 0.15) is 12.5 Å². The van der Waals surface area contributed by atoms with Crippen LogP contribution in [0.2, 0.25) is 0 Å². The number of benzene rings is 1. The summed E-state index contributed by atoms with van der Waals surface area (Å²) >= 11 is 0. The molecule has 1 aliphatic heterocycles. The van der Waals surface area contributed by atoms with Crippen molar-refractivity contribution in [2.75, 3.05) is 19.6 Å². The molecule has 0 spiro atoms. The molecule has 2 aromatic rings. The van der Waals surface area contributed by atoms with Gasteiger partial charge in [0.15, 0.2) is 0 Å². The molecule has 120 valence electrons. The summed E-state index contributed by atoms with van der Waals surface area (Å²) in [6.45, 7) is 5.61. The predicted octanol–water partition coefficient (Wildman–Crippen LogP) is 1.95. The Kier molecular flexibility index (Phi) is 5.07. The Hall–Kier alpha value is -1.21. The van der Waals surface area contributed by atoms with E-state index in [4.69, 9.17) is 0 Å². The number of nitrogens with one attached hydrogen (secondary N) is 1. The molecule has 0 amide bonds. The van der Waals surface area contributed by atoms with Gasteiger partial charge in [0, 0.05) is 37.3 Å². The maximum absolute atomic E-state index is 12.9. The minimum Gasteiger partial charge on any atom is -0.312 e. The molecule has 0 radical (unpaired) electrons. The standard InChI is InChI=1S/C15H19N3O2S.ClH/c1-11-8-13-4-3-5-14(15(13)17-9-11)21(19,20)18-7-6-16-12(2)10-18;/h3-5,8-9,12,16H,6-7,10H2,1-2H3;1H/t12-;/m0./s1. The smallest absolute Gasteiger partial charge is 0.245 e. The van der Waals surface area contributed by atoms with E-state index in [1.54, 1.807) is 22.6 Å². The summed E-state index contributed by atoms with van der Waals surface area (Å²) in [6.07, 6.45) is 1.71. The van der Waals surface area contributed by atoms with Crippen LogP contribution in [0.5, 0.6) is 0 Å². The normalized spacial score (nSPS) is 19.8. The number of hydrogen-bond acceptors (Lipinski definition) is 4. The zero-order chi connectivity index (χ0) is 15.0. The minimum atomic E-state index is -3.50. The number of aryl methyl sites for hydroxylation is 1. The number of hydrogen-bond donors (Lipinski definition) is 1. The number of rotatable bonds is 2. The molecule has 1 fully saturated rings. The first-order valence-electron chi connectivity index (χ1n) is 7.07. The number of fused-ring (bicyclic) bond motifs is 1. The van der Waals surface area contributed by atoms with Gasteiger partial charge < -0.3 is 5.32 Å². The zero-order valence-corrected chi connectivity index (χ0v) is 14.2. The highest BCUT2D eigenvalue weighted by Crippen LogP contribution is 2.25. The lowest BCUT2D eigenvalue weighted by molar-refractivity contribution is 0.310.